The average Bonchev–Trinajstić information content (AvgIpc) is 2.42. The van der Waals surface area contributed by atoms with E-state index in [1.54, 1.807) is 7.11 Å². The molecule has 2 N–H and O–H groups in total. The molecule has 4 nitrogen and oxygen atoms in total. The number of nitrogens with zero attached hydrogens (tertiary/aromatic N) is 1. The van der Waals surface area contributed by atoms with Crippen LogP contribution in [0.25, 0.3) is 0 Å². The fraction of sp³-hybridized carbons (Fsp3) is 0.600. The van der Waals surface area contributed by atoms with Crippen molar-refractivity contribution in [1.82, 2.24) is 5.32 Å². The van der Waals surface area contributed by atoms with Crippen LogP contribution in [0.2, 0.25) is 0 Å². The standard InChI is InChI=1S/C15H26N2O2/c1-12(2)16-13(11-18)8-9-17(3)14-6-5-7-15(10-14)19-4/h5-7,10,12-13,16,18H,8-9,11H2,1-4H3. The minimum Gasteiger partial charge on any atom is -0.497 e. The molecule has 19 heavy (non-hydrogen) atoms. The lowest BCUT2D eigenvalue weighted by molar-refractivity contribution is 0.229. The SMILES string of the molecule is COc1cccc(N(C)CCC(CO)NC(C)C)c1. The van der Waals surface area contributed by atoms with Crippen LogP contribution in [0, 0.1) is 0 Å². The molecule has 0 saturated carbocycles. The molecule has 0 radical (unpaired) electrons. The highest BCUT2D eigenvalue weighted by atomic mass is 16.5. The van der Waals surface area contributed by atoms with Crippen LogP contribution in [0.1, 0.15) is 20.3 Å². The topological polar surface area (TPSA) is 44.7 Å². The Labute approximate surface area is 116 Å². The zero-order valence-corrected chi connectivity index (χ0v) is 12.4. The molecule has 0 aliphatic heterocycles. The molecular weight excluding hydrogens is 240 g/mol. The van der Waals surface area contributed by atoms with E-state index in [-0.39, 0.29) is 12.6 Å². The van der Waals surface area contributed by atoms with Crippen molar-refractivity contribution >= 4 is 5.69 Å². The number of nitrogens with one attached hydrogen (secondary N) is 1. The first-order chi connectivity index (χ1) is 9.06. The second kappa shape index (κ2) is 8.02. The van der Waals surface area contributed by atoms with Crippen LogP contribution >= 0.6 is 0 Å². The van der Waals surface area contributed by atoms with Gasteiger partial charge in [0.25, 0.3) is 0 Å². The van der Waals surface area contributed by atoms with E-state index in [4.69, 9.17) is 4.74 Å². The first-order valence-corrected chi connectivity index (χ1v) is 6.79. The fourth-order valence-corrected chi connectivity index (χ4v) is 2.03. The van der Waals surface area contributed by atoms with Crippen molar-refractivity contribution < 1.29 is 9.84 Å². The summed E-state index contributed by atoms with van der Waals surface area (Å²) in [6, 6.07) is 8.54. The van der Waals surface area contributed by atoms with E-state index >= 15 is 0 Å². The third-order valence-corrected chi connectivity index (χ3v) is 3.10. The molecule has 1 atom stereocenters. The van der Waals surface area contributed by atoms with Crippen LogP contribution in [0.3, 0.4) is 0 Å². The van der Waals surface area contributed by atoms with E-state index in [2.05, 4.69) is 37.2 Å². The number of aliphatic hydroxyl groups is 1. The van der Waals surface area contributed by atoms with Crippen LogP contribution in [-0.4, -0.2) is 44.5 Å². The van der Waals surface area contributed by atoms with Crippen molar-refractivity contribution in [2.75, 3.05) is 32.2 Å². The Bertz CT molecular complexity index is 369. The van der Waals surface area contributed by atoms with Crippen molar-refractivity contribution in [3.63, 3.8) is 0 Å². The van der Waals surface area contributed by atoms with Crippen molar-refractivity contribution in [3.05, 3.63) is 24.3 Å². The van der Waals surface area contributed by atoms with Gasteiger partial charge in [0, 0.05) is 37.4 Å². The van der Waals surface area contributed by atoms with Gasteiger partial charge in [-0.05, 0) is 18.6 Å². The predicted octanol–water partition coefficient (Wildman–Crippen LogP) is 1.88. The summed E-state index contributed by atoms with van der Waals surface area (Å²) in [5.41, 5.74) is 1.13. The van der Waals surface area contributed by atoms with Crippen LogP contribution in [0.15, 0.2) is 24.3 Å². The molecule has 1 aromatic carbocycles. The van der Waals surface area contributed by atoms with Gasteiger partial charge in [-0.3, -0.25) is 0 Å². The zero-order chi connectivity index (χ0) is 14.3. The molecule has 0 heterocycles. The minimum absolute atomic E-state index is 0.146. The van der Waals surface area contributed by atoms with Crippen molar-refractivity contribution in [1.29, 1.82) is 0 Å². The Hall–Kier alpha value is -1.26. The highest BCUT2D eigenvalue weighted by molar-refractivity contribution is 5.50. The molecule has 0 aliphatic rings. The maximum atomic E-state index is 9.34. The molecule has 0 spiro atoms. The van der Waals surface area contributed by atoms with Gasteiger partial charge >= 0.3 is 0 Å². The predicted molar refractivity (Wildman–Crippen MR) is 80.0 cm³/mol. The van der Waals surface area contributed by atoms with Crippen LogP contribution in [0.4, 0.5) is 5.69 Å². The van der Waals surface area contributed by atoms with Gasteiger partial charge in [0.2, 0.25) is 0 Å². The van der Waals surface area contributed by atoms with Gasteiger partial charge in [0.1, 0.15) is 5.75 Å². The molecule has 0 aliphatic carbocycles. The molecule has 0 saturated heterocycles. The third kappa shape index (κ3) is 5.49. The van der Waals surface area contributed by atoms with Gasteiger partial charge in [-0.25, -0.2) is 0 Å². The second-order valence-corrected chi connectivity index (χ2v) is 5.11. The zero-order valence-electron chi connectivity index (χ0n) is 12.4. The van der Waals surface area contributed by atoms with Gasteiger partial charge < -0.3 is 20.1 Å². The first-order valence-electron chi connectivity index (χ1n) is 6.79. The Morgan fingerprint density at radius 3 is 2.68 bits per heavy atom. The average molecular weight is 266 g/mol. The number of hydrogen-bond donors (Lipinski definition) is 2. The Morgan fingerprint density at radius 2 is 2.11 bits per heavy atom. The Balaban J connectivity index is 2.51. The molecule has 4 heteroatoms. The molecule has 0 amide bonds. The number of methoxy groups -OCH3 is 1. The number of hydrogen-bond acceptors (Lipinski definition) is 4. The summed E-state index contributed by atoms with van der Waals surface area (Å²) < 4.78 is 5.23. The van der Waals surface area contributed by atoms with E-state index in [1.807, 2.05) is 18.2 Å². The van der Waals surface area contributed by atoms with Crippen LogP contribution < -0.4 is 15.0 Å². The number of anilines is 1. The lowest BCUT2D eigenvalue weighted by Gasteiger charge is -2.24. The van der Waals surface area contributed by atoms with Gasteiger partial charge in [-0.15, -0.1) is 0 Å². The van der Waals surface area contributed by atoms with Gasteiger partial charge in [0.15, 0.2) is 0 Å². The molecule has 0 fully saturated rings. The first kappa shape index (κ1) is 15.8. The highest BCUT2D eigenvalue weighted by Crippen LogP contribution is 2.20. The summed E-state index contributed by atoms with van der Waals surface area (Å²) in [6.07, 6.45) is 0.905. The Kier molecular flexibility index (Phi) is 6.67. The summed E-state index contributed by atoms with van der Waals surface area (Å²) >= 11 is 0. The van der Waals surface area contributed by atoms with Crippen molar-refractivity contribution in [3.8, 4) is 5.75 Å². The maximum absolute atomic E-state index is 9.34. The largest absolute Gasteiger partial charge is 0.497 e. The van der Waals surface area contributed by atoms with E-state index in [0.717, 1.165) is 24.4 Å². The monoisotopic (exact) mass is 266 g/mol. The lowest BCUT2D eigenvalue weighted by atomic mass is 10.2. The van der Waals surface area contributed by atoms with E-state index < -0.39 is 0 Å². The van der Waals surface area contributed by atoms with Crippen molar-refractivity contribution in [2.24, 2.45) is 0 Å². The summed E-state index contributed by atoms with van der Waals surface area (Å²) in [6.45, 7) is 5.24. The lowest BCUT2D eigenvalue weighted by Crippen LogP contribution is -2.39. The second-order valence-electron chi connectivity index (χ2n) is 5.11. The number of rotatable bonds is 8. The molecule has 0 aromatic heterocycles. The molecule has 1 unspecified atom stereocenters. The molecule has 108 valence electrons. The summed E-state index contributed by atoms with van der Waals surface area (Å²) in [5, 5.41) is 12.7. The number of benzene rings is 1. The molecule has 1 rings (SSSR count). The van der Waals surface area contributed by atoms with Crippen LogP contribution in [-0.2, 0) is 0 Å². The van der Waals surface area contributed by atoms with Gasteiger partial charge in [-0.1, -0.05) is 19.9 Å². The summed E-state index contributed by atoms with van der Waals surface area (Å²) in [5.74, 6) is 0.864. The highest BCUT2D eigenvalue weighted by Gasteiger charge is 2.10. The van der Waals surface area contributed by atoms with E-state index in [1.165, 1.54) is 0 Å². The quantitative estimate of drug-likeness (QED) is 0.754. The van der Waals surface area contributed by atoms with Gasteiger partial charge in [-0.2, -0.15) is 0 Å². The Morgan fingerprint density at radius 1 is 1.37 bits per heavy atom. The molecule has 0 bridgehead atoms. The normalized spacial score (nSPS) is 12.5. The fourth-order valence-electron chi connectivity index (χ4n) is 2.03. The van der Waals surface area contributed by atoms with Crippen molar-refractivity contribution in [2.45, 2.75) is 32.4 Å². The summed E-state index contributed by atoms with van der Waals surface area (Å²) in [7, 11) is 3.73. The summed E-state index contributed by atoms with van der Waals surface area (Å²) in [4.78, 5) is 2.17. The number of aliphatic hydroxyl groups excluding tert-OH is 1. The third-order valence-electron chi connectivity index (χ3n) is 3.10. The smallest absolute Gasteiger partial charge is 0.120 e. The molecular formula is C15H26N2O2. The maximum Gasteiger partial charge on any atom is 0.120 e. The van der Waals surface area contributed by atoms with E-state index in [0.29, 0.717) is 6.04 Å². The molecule has 1 aromatic rings. The number of ether oxygens (including phenoxy) is 1. The van der Waals surface area contributed by atoms with Gasteiger partial charge in [0.05, 0.1) is 13.7 Å². The van der Waals surface area contributed by atoms with E-state index in [9.17, 15) is 5.11 Å². The minimum atomic E-state index is 0.146. The van der Waals surface area contributed by atoms with Crippen LogP contribution in [0.5, 0.6) is 5.75 Å².